The van der Waals surface area contributed by atoms with E-state index in [9.17, 15) is 9.90 Å². The quantitative estimate of drug-likeness (QED) is 0.872. The molecule has 2 atom stereocenters. The molecule has 0 bridgehead atoms. The number of benzene rings is 1. The van der Waals surface area contributed by atoms with Crippen molar-refractivity contribution >= 4 is 11.7 Å². The Morgan fingerprint density at radius 2 is 2.18 bits per heavy atom. The summed E-state index contributed by atoms with van der Waals surface area (Å²) in [5.41, 5.74) is 2.40. The molecule has 1 heterocycles. The number of para-hydroxylation sites is 1. The third kappa shape index (κ3) is 2.14. The summed E-state index contributed by atoms with van der Waals surface area (Å²) in [5, 5.41) is 9.22. The molecule has 1 saturated heterocycles. The molecule has 0 unspecified atom stereocenters. The Labute approximate surface area is 102 Å². The van der Waals surface area contributed by atoms with E-state index in [0.29, 0.717) is 0 Å². The number of hydrogen-bond acceptors (Lipinski definition) is 2. The van der Waals surface area contributed by atoms with E-state index in [1.807, 2.05) is 12.1 Å². The van der Waals surface area contributed by atoms with Crippen LogP contribution in [-0.2, 0) is 4.79 Å². The lowest BCUT2D eigenvalue weighted by atomic mass is 9.98. The van der Waals surface area contributed by atoms with E-state index >= 15 is 0 Å². The molecule has 1 aliphatic heterocycles. The van der Waals surface area contributed by atoms with Crippen LogP contribution in [0.5, 0.6) is 0 Å². The molecule has 92 valence electrons. The third-order valence-electron chi connectivity index (χ3n) is 3.71. The Bertz CT molecular complexity index is 416. The summed E-state index contributed by atoms with van der Waals surface area (Å²) in [5.74, 6) is -0.882. The van der Waals surface area contributed by atoms with Crippen LogP contribution in [0.1, 0.15) is 25.3 Å². The third-order valence-corrected chi connectivity index (χ3v) is 3.71. The summed E-state index contributed by atoms with van der Waals surface area (Å²) in [4.78, 5) is 13.5. The highest BCUT2D eigenvalue weighted by Gasteiger charge is 2.37. The van der Waals surface area contributed by atoms with Crippen molar-refractivity contribution in [2.45, 2.75) is 32.7 Å². The van der Waals surface area contributed by atoms with Crippen molar-refractivity contribution in [1.29, 1.82) is 0 Å². The van der Waals surface area contributed by atoms with Gasteiger partial charge in [0.05, 0.1) is 5.92 Å². The number of aryl methyl sites for hydroxylation is 1. The average Bonchev–Trinajstić information content (AvgIpc) is 2.73. The highest BCUT2D eigenvalue weighted by molar-refractivity contribution is 5.73. The van der Waals surface area contributed by atoms with E-state index in [-0.39, 0.29) is 12.0 Å². The number of rotatable bonds is 3. The fourth-order valence-corrected chi connectivity index (χ4v) is 2.83. The summed E-state index contributed by atoms with van der Waals surface area (Å²) in [6.07, 6.45) is 1.63. The van der Waals surface area contributed by atoms with Crippen molar-refractivity contribution < 1.29 is 9.90 Å². The predicted molar refractivity (Wildman–Crippen MR) is 68.3 cm³/mol. The van der Waals surface area contributed by atoms with Crippen LogP contribution in [0.15, 0.2) is 24.3 Å². The molecule has 1 aliphatic rings. The summed E-state index contributed by atoms with van der Waals surface area (Å²) >= 11 is 0. The van der Waals surface area contributed by atoms with Gasteiger partial charge < -0.3 is 10.0 Å². The fraction of sp³-hybridized carbons (Fsp3) is 0.500. The molecule has 1 N–H and O–H groups in total. The maximum Gasteiger partial charge on any atom is 0.308 e. The Hall–Kier alpha value is -1.51. The van der Waals surface area contributed by atoms with Crippen molar-refractivity contribution in [2.75, 3.05) is 11.4 Å². The monoisotopic (exact) mass is 233 g/mol. The number of nitrogens with zero attached hydrogens (tertiary/aromatic N) is 1. The van der Waals surface area contributed by atoms with Crippen molar-refractivity contribution in [3.05, 3.63) is 29.8 Å². The fourth-order valence-electron chi connectivity index (χ4n) is 2.83. The second-order valence-corrected chi connectivity index (χ2v) is 4.69. The zero-order valence-electron chi connectivity index (χ0n) is 10.4. The van der Waals surface area contributed by atoms with Crippen molar-refractivity contribution in [3.8, 4) is 0 Å². The van der Waals surface area contributed by atoms with Gasteiger partial charge in [0, 0.05) is 18.3 Å². The minimum atomic E-state index is -0.659. The zero-order chi connectivity index (χ0) is 12.4. The molecule has 1 aromatic carbocycles. The van der Waals surface area contributed by atoms with Gasteiger partial charge in [0.15, 0.2) is 0 Å². The first kappa shape index (κ1) is 12.0. The molecule has 1 aromatic rings. The summed E-state index contributed by atoms with van der Waals surface area (Å²) in [6, 6.07) is 8.33. The van der Waals surface area contributed by atoms with Gasteiger partial charge in [-0.3, -0.25) is 4.79 Å². The summed E-state index contributed by atoms with van der Waals surface area (Å²) in [6.45, 7) is 4.99. The Morgan fingerprint density at radius 1 is 1.47 bits per heavy atom. The Kier molecular flexibility index (Phi) is 3.36. The van der Waals surface area contributed by atoms with E-state index in [2.05, 4.69) is 30.9 Å². The van der Waals surface area contributed by atoms with E-state index in [0.717, 1.165) is 19.4 Å². The molecule has 0 spiro atoms. The minimum absolute atomic E-state index is 0.133. The predicted octanol–water partition coefficient (Wildman–Crippen LogP) is 2.68. The second-order valence-electron chi connectivity index (χ2n) is 4.69. The SMILES string of the molecule is CC[C@@H]1[C@@H](C(=O)O)CCN1c1ccccc1C. The molecule has 0 amide bonds. The van der Waals surface area contributed by atoms with Crippen molar-refractivity contribution in [2.24, 2.45) is 5.92 Å². The lowest BCUT2D eigenvalue weighted by Crippen LogP contribution is -2.35. The molecular weight excluding hydrogens is 214 g/mol. The Balaban J connectivity index is 2.28. The molecule has 3 heteroatoms. The summed E-state index contributed by atoms with van der Waals surface area (Å²) < 4.78 is 0. The average molecular weight is 233 g/mol. The minimum Gasteiger partial charge on any atom is -0.481 e. The molecule has 0 radical (unpaired) electrons. The first-order valence-electron chi connectivity index (χ1n) is 6.20. The van der Waals surface area contributed by atoms with Crippen LogP contribution >= 0.6 is 0 Å². The lowest BCUT2D eigenvalue weighted by Gasteiger charge is -2.29. The van der Waals surface area contributed by atoms with Gasteiger partial charge >= 0.3 is 5.97 Å². The van der Waals surface area contributed by atoms with Gasteiger partial charge in [0.25, 0.3) is 0 Å². The Morgan fingerprint density at radius 3 is 2.76 bits per heavy atom. The van der Waals surface area contributed by atoms with Crippen LogP contribution in [0, 0.1) is 12.8 Å². The van der Waals surface area contributed by atoms with Gasteiger partial charge in [0.1, 0.15) is 0 Å². The van der Waals surface area contributed by atoms with Gasteiger partial charge in [-0.25, -0.2) is 0 Å². The first-order valence-corrected chi connectivity index (χ1v) is 6.20. The molecule has 2 rings (SSSR count). The van der Waals surface area contributed by atoms with Crippen molar-refractivity contribution in [1.82, 2.24) is 0 Å². The number of hydrogen-bond donors (Lipinski definition) is 1. The first-order chi connectivity index (χ1) is 8.15. The van der Waals surface area contributed by atoms with Crippen molar-refractivity contribution in [3.63, 3.8) is 0 Å². The normalized spacial score (nSPS) is 24.0. The molecule has 3 nitrogen and oxygen atoms in total. The van der Waals surface area contributed by atoms with E-state index in [4.69, 9.17) is 0 Å². The second kappa shape index (κ2) is 4.78. The van der Waals surface area contributed by atoms with Gasteiger partial charge in [-0.2, -0.15) is 0 Å². The number of carboxylic acid groups (broad SMARTS) is 1. The summed E-state index contributed by atoms with van der Waals surface area (Å²) in [7, 11) is 0. The van der Waals surface area contributed by atoms with Crippen LogP contribution in [0.4, 0.5) is 5.69 Å². The number of carboxylic acids is 1. The standard InChI is InChI=1S/C14H19NO2/c1-3-12-11(14(16)17)8-9-15(12)13-7-5-4-6-10(13)2/h4-7,11-12H,3,8-9H2,1-2H3,(H,16,17)/t11-,12+/m0/s1. The van der Waals surface area contributed by atoms with Gasteiger partial charge in [-0.1, -0.05) is 25.1 Å². The smallest absolute Gasteiger partial charge is 0.308 e. The molecule has 0 aliphatic carbocycles. The van der Waals surface area contributed by atoms with Gasteiger partial charge in [-0.15, -0.1) is 0 Å². The molecule has 0 aromatic heterocycles. The van der Waals surface area contributed by atoms with E-state index in [1.165, 1.54) is 11.3 Å². The number of carbonyl (C=O) groups is 1. The highest BCUT2D eigenvalue weighted by Crippen LogP contribution is 2.33. The largest absolute Gasteiger partial charge is 0.481 e. The maximum absolute atomic E-state index is 11.2. The molecule has 0 saturated carbocycles. The molecule has 17 heavy (non-hydrogen) atoms. The number of anilines is 1. The lowest BCUT2D eigenvalue weighted by molar-refractivity contribution is -0.141. The molecular formula is C14H19NO2. The van der Waals surface area contributed by atoms with Crippen LogP contribution < -0.4 is 4.90 Å². The van der Waals surface area contributed by atoms with E-state index in [1.54, 1.807) is 0 Å². The zero-order valence-corrected chi connectivity index (χ0v) is 10.4. The van der Waals surface area contributed by atoms with Gasteiger partial charge in [0.2, 0.25) is 0 Å². The maximum atomic E-state index is 11.2. The van der Waals surface area contributed by atoms with Gasteiger partial charge in [-0.05, 0) is 31.4 Å². The molecule has 1 fully saturated rings. The van der Waals surface area contributed by atoms with Crippen LogP contribution in [-0.4, -0.2) is 23.7 Å². The topological polar surface area (TPSA) is 40.5 Å². The van der Waals surface area contributed by atoms with E-state index < -0.39 is 5.97 Å². The van der Waals surface area contributed by atoms with Crippen LogP contribution in [0.25, 0.3) is 0 Å². The van der Waals surface area contributed by atoms with Crippen LogP contribution in [0.2, 0.25) is 0 Å². The number of aliphatic carboxylic acids is 1. The van der Waals surface area contributed by atoms with Crippen LogP contribution in [0.3, 0.4) is 0 Å². The highest BCUT2D eigenvalue weighted by atomic mass is 16.4.